The first-order valence-electron chi connectivity index (χ1n) is 7.67. The fourth-order valence-corrected chi connectivity index (χ4v) is 2.70. The number of rotatable bonds is 6. The highest BCUT2D eigenvalue weighted by Gasteiger charge is 2.36. The maximum atomic E-state index is 12.6. The summed E-state index contributed by atoms with van der Waals surface area (Å²) in [5, 5.41) is 2.56. The summed E-state index contributed by atoms with van der Waals surface area (Å²) in [6.07, 6.45) is 0.534. The van der Waals surface area contributed by atoms with Crippen LogP contribution in [0.2, 0.25) is 0 Å². The monoisotopic (exact) mass is 318 g/mol. The van der Waals surface area contributed by atoms with Crippen LogP contribution in [0.15, 0.2) is 24.3 Å². The Balaban J connectivity index is 2.15. The molecule has 1 aromatic rings. The molecule has 2 rings (SSSR count). The lowest BCUT2D eigenvalue weighted by atomic mass is 10.0. The molecule has 0 saturated carbocycles. The van der Waals surface area contributed by atoms with E-state index >= 15 is 0 Å². The standard InChI is InChI=1S/C17H22N2O4/c1-11(2)8-14(16(21)18-9-15(20)23-3)19-10-12-6-4-5-7-13(12)17(19)22/h4-7,11,14H,8-10H2,1-3H3,(H,18,21). The molecule has 0 saturated heterocycles. The Morgan fingerprint density at radius 2 is 2.00 bits per heavy atom. The van der Waals surface area contributed by atoms with Crippen LogP contribution in [0.5, 0.6) is 0 Å². The van der Waals surface area contributed by atoms with E-state index in [9.17, 15) is 14.4 Å². The molecule has 6 heteroatoms. The number of fused-ring (bicyclic) bond motifs is 1. The number of nitrogens with zero attached hydrogens (tertiary/aromatic N) is 1. The highest BCUT2D eigenvalue weighted by molar-refractivity contribution is 6.01. The molecular formula is C17H22N2O4. The minimum absolute atomic E-state index is 0.139. The second-order valence-corrected chi connectivity index (χ2v) is 6.03. The number of benzene rings is 1. The van der Waals surface area contributed by atoms with Gasteiger partial charge < -0.3 is 15.0 Å². The number of carbonyl (C=O) groups excluding carboxylic acids is 3. The van der Waals surface area contributed by atoms with Crippen LogP contribution >= 0.6 is 0 Å². The van der Waals surface area contributed by atoms with Crippen molar-refractivity contribution in [3.8, 4) is 0 Å². The normalized spacial score (nSPS) is 14.6. The average Bonchev–Trinajstić information content (AvgIpc) is 2.87. The van der Waals surface area contributed by atoms with Gasteiger partial charge in [-0.1, -0.05) is 32.0 Å². The maximum Gasteiger partial charge on any atom is 0.325 e. The van der Waals surface area contributed by atoms with Crippen LogP contribution < -0.4 is 5.32 Å². The van der Waals surface area contributed by atoms with Crippen LogP contribution in [0.1, 0.15) is 36.2 Å². The van der Waals surface area contributed by atoms with Gasteiger partial charge in [-0.05, 0) is 24.0 Å². The van der Waals surface area contributed by atoms with Gasteiger partial charge in [0.1, 0.15) is 12.6 Å². The second kappa shape index (κ2) is 7.26. The van der Waals surface area contributed by atoms with Crippen molar-refractivity contribution in [2.75, 3.05) is 13.7 Å². The number of hydrogen-bond acceptors (Lipinski definition) is 4. The Morgan fingerprint density at radius 1 is 1.30 bits per heavy atom. The molecule has 1 unspecified atom stereocenters. The Hall–Kier alpha value is -2.37. The summed E-state index contributed by atoms with van der Waals surface area (Å²) in [4.78, 5) is 37.8. The number of nitrogens with one attached hydrogen (secondary N) is 1. The second-order valence-electron chi connectivity index (χ2n) is 6.03. The first-order chi connectivity index (χ1) is 10.9. The van der Waals surface area contributed by atoms with Crippen molar-refractivity contribution in [3.63, 3.8) is 0 Å². The molecule has 2 amide bonds. The largest absolute Gasteiger partial charge is 0.468 e. The number of methoxy groups -OCH3 is 1. The quantitative estimate of drug-likeness (QED) is 0.803. The van der Waals surface area contributed by atoms with Crippen LogP contribution in [-0.2, 0) is 20.9 Å². The first kappa shape index (κ1) is 17.0. The highest BCUT2D eigenvalue weighted by atomic mass is 16.5. The number of hydrogen-bond donors (Lipinski definition) is 1. The number of ether oxygens (including phenoxy) is 1. The Bertz CT molecular complexity index is 612. The van der Waals surface area contributed by atoms with Crippen LogP contribution in [0.25, 0.3) is 0 Å². The molecule has 1 heterocycles. The Morgan fingerprint density at radius 3 is 2.61 bits per heavy atom. The molecule has 23 heavy (non-hydrogen) atoms. The summed E-state index contributed by atoms with van der Waals surface area (Å²) < 4.78 is 4.52. The van der Waals surface area contributed by atoms with Crippen LogP contribution in [0.4, 0.5) is 0 Å². The van der Waals surface area contributed by atoms with Crippen LogP contribution in [0, 0.1) is 5.92 Å². The molecule has 6 nitrogen and oxygen atoms in total. The van der Waals surface area contributed by atoms with Crippen LogP contribution in [0.3, 0.4) is 0 Å². The summed E-state index contributed by atoms with van der Waals surface area (Å²) >= 11 is 0. The zero-order valence-electron chi connectivity index (χ0n) is 13.7. The Labute approximate surface area is 135 Å². The van der Waals surface area contributed by atoms with Gasteiger partial charge in [-0.15, -0.1) is 0 Å². The van der Waals surface area contributed by atoms with E-state index in [0.29, 0.717) is 18.5 Å². The molecule has 1 aliphatic rings. The van der Waals surface area contributed by atoms with Gasteiger partial charge >= 0.3 is 5.97 Å². The van der Waals surface area contributed by atoms with Gasteiger partial charge in [-0.2, -0.15) is 0 Å². The SMILES string of the molecule is COC(=O)CNC(=O)C(CC(C)C)N1Cc2ccccc2C1=O. The number of amides is 2. The smallest absolute Gasteiger partial charge is 0.325 e. The summed E-state index contributed by atoms with van der Waals surface area (Å²) in [6.45, 7) is 4.21. The van der Waals surface area contributed by atoms with Gasteiger partial charge in [0.05, 0.1) is 7.11 Å². The molecule has 1 aromatic carbocycles. The van der Waals surface area contributed by atoms with Crippen molar-refractivity contribution in [1.82, 2.24) is 10.2 Å². The van der Waals surface area contributed by atoms with Crippen molar-refractivity contribution in [1.29, 1.82) is 0 Å². The van der Waals surface area contributed by atoms with Gasteiger partial charge in [0.15, 0.2) is 0 Å². The molecule has 0 radical (unpaired) electrons. The highest BCUT2D eigenvalue weighted by Crippen LogP contribution is 2.26. The van der Waals surface area contributed by atoms with E-state index in [0.717, 1.165) is 5.56 Å². The molecular weight excluding hydrogens is 296 g/mol. The van der Waals surface area contributed by atoms with Crippen LogP contribution in [-0.4, -0.2) is 42.4 Å². The molecule has 1 N–H and O–H groups in total. The summed E-state index contributed by atoms with van der Waals surface area (Å²) in [5.74, 6) is -0.747. The lowest BCUT2D eigenvalue weighted by molar-refractivity contribution is -0.141. The minimum Gasteiger partial charge on any atom is -0.468 e. The number of esters is 1. The fraction of sp³-hybridized carbons (Fsp3) is 0.471. The lowest BCUT2D eigenvalue weighted by Gasteiger charge is -2.28. The lowest BCUT2D eigenvalue weighted by Crippen LogP contribution is -2.48. The van der Waals surface area contributed by atoms with Gasteiger partial charge in [0.2, 0.25) is 5.91 Å². The van der Waals surface area contributed by atoms with Crippen molar-refractivity contribution in [2.24, 2.45) is 5.92 Å². The molecule has 0 aromatic heterocycles. The fourth-order valence-electron chi connectivity index (χ4n) is 2.70. The van der Waals surface area contributed by atoms with Gasteiger partial charge in [0.25, 0.3) is 5.91 Å². The third-order valence-corrected chi connectivity index (χ3v) is 3.86. The van der Waals surface area contributed by atoms with Gasteiger partial charge in [-0.25, -0.2) is 0 Å². The van der Waals surface area contributed by atoms with E-state index in [1.54, 1.807) is 11.0 Å². The predicted octanol–water partition coefficient (Wildman–Crippen LogP) is 1.35. The molecule has 124 valence electrons. The molecule has 0 bridgehead atoms. The van der Waals surface area contributed by atoms with E-state index < -0.39 is 12.0 Å². The van der Waals surface area contributed by atoms with Crippen molar-refractivity contribution < 1.29 is 19.1 Å². The summed E-state index contributed by atoms with van der Waals surface area (Å²) in [6, 6.07) is 6.77. The van der Waals surface area contributed by atoms with Crippen molar-refractivity contribution >= 4 is 17.8 Å². The van der Waals surface area contributed by atoms with Crippen molar-refractivity contribution in [2.45, 2.75) is 32.9 Å². The maximum absolute atomic E-state index is 12.6. The van der Waals surface area contributed by atoms with E-state index in [1.807, 2.05) is 32.0 Å². The van der Waals surface area contributed by atoms with E-state index in [4.69, 9.17) is 0 Å². The minimum atomic E-state index is -0.598. The predicted molar refractivity (Wildman–Crippen MR) is 84.6 cm³/mol. The van der Waals surface area contributed by atoms with Crippen molar-refractivity contribution in [3.05, 3.63) is 35.4 Å². The zero-order valence-corrected chi connectivity index (χ0v) is 13.7. The number of carbonyl (C=O) groups is 3. The zero-order chi connectivity index (χ0) is 17.0. The topological polar surface area (TPSA) is 75.7 Å². The first-order valence-corrected chi connectivity index (χ1v) is 7.67. The molecule has 0 aliphatic carbocycles. The average molecular weight is 318 g/mol. The molecule has 1 aliphatic heterocycles. The van der Waals surface area contributed by atoms with E-state index in [2.05, 4.69) is 10.1 Å². The van der Waals surface area contributed by atoms with E-state index in [1.165, 1.54) is 7.11 Å². The van der Waals surface area contributed by atoms with E-state index in [-0.39, 0.29) is 24.3 Å². The third kappa shape index (κ3) is 3.88. The van der Waals surface area contributed by atoms with Gasteiger partial charge in [0, 0.05) is 12.1 Å². The molecule has 0 fully saturated rings. The third-order valence-electron chi connectivity index (χ3n) is 3.86. The summed E-state index contributed by atoms with van der Waals surface area (Å²) in [7, 11) is 1.26. The molecule has 1 atom stereocenters. The summed E-state index contributed by atoms with van der Waals surface area (Å²) in [5.41, 5.74) is 1.56. The molecule has 0 spiro atoms. The Kier molecular flexibility index (Phi) is 5.36. The van der Waals surface area contributed by atoms with Gasteiger partial charge in [-0.3, -0.25) is 14.4 Å².